The van der Waals surface area contributed by atoms with Crippen molar-refractivity contribution in [1.82, 2.24) is 0 Å². The second kappa shape index (κ2) is 8.80. The molecule has 3 rings (SSSR count). The van der Waals surface area contributed by atoms with Crippen LogP contribution in [0.15, 0.2) is 40.1 Å². The van der Waals surface area contributed by atoms with Gasteiger partial charge < -0.3 is 34.2 Å². The molecular weight excluding hydrogens is 406 g/mol. The summed E-state index contributed by atoms with van der Waals surface area (Å²) < 4.78 is 22.3. The van der Waals surface area contributed by atoms with Crippen molar-refractivity contribution in [2.24, 2.45) is 0 Å². The third kappa shape index (κ3) is 4.49. The molecule has 3 N–H and O–H groups in total. The fourth-order valence-corrected chi connectivity index (χ4v) is 3.68. The fourth-order valence-electron chi connectivity index (χ4n) is 3.68. The average Bonchev–Trinajstić information content (AvgIpc) is 2.69. The van der Waals surface area contributed by atoms with Crippen LogP contribution in [-0.2, 0) is 14.3 Å². The first kappa shape index (κ1) is 23.0. The second-order valence-electron chi connectivity index (χ2n) is 7.94. The molecule has 2 heterocycles. The second-order valence-corrected chi connectivity index (χ2v) is 7.94. The van der Waals surface area contributed by atoms with Gasteiger partial charge in [-0.15, -0.1) is 6.58 Å². The van der Waals surface area contributed by atoms with Crippen molar-refractivity contribution in [1.29, 1.82) is 0 Å². The highest BCUT2D eigenvalue weighted by Crippen LogP contribution is 2.35. The molecule has 0 radical (unpaired) electrons. The summed E-state index contributed by atoms with van der Waals surface area (Å²) >= 11 is 0. The zero-order valence-electron chi connectivity index (χ0n) is 17.9. The molecule has 1 aliphatic rings. The first-order chi connectivity index (χ1) is 14.6. The van der Waals surface area contributed by atoms with Crippen molar-refractivity contribution in [2.45, 2.75) is 57.4 Å². The number of rotatable bonds is 6. The van der Waals surface area contributed by atoms with Crippen LogP contribution in [0.3, 0.4) is 0 Å². The van der Waals surface area contributed by atoms with Gasteiger partial charge in [0.1, 0.15) is 35.3 Å². The van der Waals surface area contributed by atoms with Crippen LogP contribution < -0.4 is 15.7 Å². The standard InChI is InChI=1S/C22H27NO8/c1-6-7-15(24)23-13-10-12-8-9-14(11(2)18(12)30-20(13)27)29-21-17(26)16(25)19(28-5)22(3,4)31-21/h6,8-10,16-17,19,21,25-26H,1,7H2,2-5H3,(H,23,24)/t16-,17+,19+,21+/m0/s1. The van der Waals surface area contributed by atoms with Crippen LogP contribution in [0.5, 0.6) is 5.75 Å². The minimum Gasteiger partial charge on any atom is -0.462 e. The maximum Gasteiger partial charge on any atom is 0.360 e. The number of benzene rings is 1. The van der Waals surface area contributed by atoms with E-state index >= 15 is 0 Å². The molecule has 1 aromatic carbocycles. The number of aliphatic hydroxyl groups is 2. The Bertz CT molecular complexity index is 1040. The number of hydrogen-bond acceptors (Lipinski definition) is 8. The van der Waals surface area contributed by atoms with Crippen LogP contribution in [-0.4, -0.2) is 53.4 Å². The molecule has 4 atom stereocenters. The van der Waals surface area contributed by atoms with Crippen molar-refractivity contribution >= 4 is 22.6 Å². The van der Waals surface area contributed by atoms with Crippen molar-refractivity contribution in [3.05, 3.63) is 46.8 Å². The number of aryl methyl sites for hydroxylation is 1. The van der Waals surface area contributed by atoms with Gasteiger partial charge >= 0.3 is 5.63 Å². The highest BCUT2D eigenvalue weighted by atomic mass is 16.7. The van der Waals surface area contributed by atoms with Gasteiger partial charge in [-0.1, -0.05) is 6.08 Å². The number of carbonyl (C=O) groups excluding carboxylic acids is 1. The lowest BCUT2D eigenvalue weighted by Crippen LogP contribution is -2.63. The quantitative estimate of drug-likeness (QED) is 0.465. The first-order valence-electron chi connectivity index (χ1n) is 9.80. The minimum absolute atomic E-state index is 0.0222. The number of nitrogens with one attached hydrogen (secondary N) is 1. The van der Waals surface area contributed by atoms with Gasteiger partial charge in [-0.2, -0.15) is 0 Å². The molecule has 1 aromatic heterocycles. The van der Waals surface area contributed by atoms with Crippen molar-refractivity contribution in [2.75, 3.05) is 12.4 Å². The maximum atomic E-state index is 12.3. The number of methoxy groups -OCH3 is 1. The third-order valence-electron chi connectivity index (χ3n) is 5.25. The monoisotopic (exact) mass is 433 g/mol. The van der Waals surface area contributed by atoms with Gasteiger partial charge in [0.15, 0.2) is 0 Å². The Balaban J connectivity index is 1.90. The van der Waals surface area contributed by atoms with Crippen molar-refractivity contribution in [3.63, 3.8) is 0 Å². The minimum atomic E-state index is -1.36. The molecule has 1 aliphatic heterocycles. The molecular formula is C22H27NO8. The van der Waals surface area contributed by atoms with Gasteiger partial charge in [-0.3, -0.25) is 4.79 Å². The number of hydrogen-bond donors (Lipinski definition) is 3. The Hall–Kier alpha value is -2.72. The van der Waals surface area contributed by atoms with E-state index in [9.17, 15) is 19.8 Å². The van der Waals surface area contributed by atoms with E-state index in [1.54, 1.807) is 32.9 Å². The molecule has 0 bridgehead atoms. The Labute approximate surface area is 179 Å². The summed E-state index contributed by atoms with van der Waals surface area (Å²) in [6.07, 6.45) is -2.99. The highest BCUT2D eigenvalue weighted by Gasteiger charge is 2.50. The van der Waals surface area contributed by atoms with Gasteiger partial charge in [0.05, 0.1) is 5.60 Å². The zero-order chi connectivity index (χ0) is 22.9. The number of fused-ring (bicyclic) bond motifs is 1. The lowest BCUT2D eigenvalue weighted by atomic mass is 9.89. The lowest BCUT2D eigenvalue weighted by Gasteiger charge is -2.46. The highest BCUT2D eigenvalue weighted by molar-refractivity contribution is 5.93. The summed E-state index contributed by atoms with van der Waals surface area (Å²) in [6.45, 7) is 8.62. The molecule has 1 fully saturated rings. The Kier molecular flexibility index (Phi) is 6.51. The van der Waals surface area contributed by atoms with Gasteiger partial charge in [0.25, 0.3) is 0 Å². The Morgan fingerprint density at radius 2 is 2.03 bits per heavy atom. The fraction of sp³-hybridized carbons (Fsp3) is 0.455. The third-order valence-corrected chi connectivity index (χ3v) is 5.25. The van der Waals surface area contributed by atoms with Crippen LogP contribution in [0.2, 0.25) is 0 Å². The predicted molar refractivity (Wildman–Crippen MR) is 113 cm³/mol. The summed E-state index contributed by atoms with van der Waals surface area (Å²) in [4.78, 5) is 24.1. The van der Waals surface area contributed by atoms with E-state index in [2.05, 4.69) is 11.9 Å². The summed E-state index contributed by atoms with van der Waals surface area (Å²) in [6, 6.07) is 4.80. The smallest absolute Gasteiger partial charge is 0.360 e. The predicted octanol–water partition coefficient (Wildman–Crippen LogP) is 1.87. The summed E-state index contributed by atoms with van der Waals surface area (Å²) in [5, 5.41) is 23.9. The van der Waals surface area contributed by atoms with Crippen molar-refractivity contribution < 1.29 is 33.6 Å². The average molecular weight is 433 g/mol. The number of ether oxygens (including phenoxy) is 3. The summed E-state index contributed by atoms with van der Waals surface area (Å²) in [5.41, 5.74) is -0.847. The van der Waals surface area contributed by atoms with Crippen LogP contribution in [0, 0.1) is 6.92 Å². The lowest BCUT2D eigenvalue weighted by molar-refractivity contribution is -0.306. The molecule has 9 nitrogen and oxygen atoms in total. The first-order valence-corrected chi connectivity index (χ1v) is 9.80. The topological polar surface area (TPSA) is 127 Å². The Morgan fingerprint density at radius 3 is 2.68 bits per heavy atom. The number of carbonyl (C=O) groups is 1. The van der Waals surface area contributed by atoms with Crippen LogP contribution in [0.25, 0.3) is 11.0 Å². The summed E-state index contributed by atoms with van der Waals surface area (Å²) in [7, 11) is 1.43. The van der Waals surface area contributed by atoms with E-state index in [0.29, 0.717) is 16.7 Å². The normalized spacial score (nSPS) is 25.2. The van der Waals surface area contributed by atoms with E-state index < -0.39 is 35.8 Å². The van der Waals surface area contributed by atoms with Crippen LogP contribution in [0.4, 0.5) is 5.69 Å². The number of aliphatic hydroxyl groups excluding tert-OH is 2. The molecule has 0 saturated carbocycles. The van der Waals surface area contributed by atoms with E-state index in [1.807, 2.05) is 0 Å². The number of amides is 1. The summed E-state index contributed by atoms with van der Waals surface area (Å²) in [5.74, 6) is -0.0701. The van der Waals surface area contributed by atoms with Crippen molar-refractivity contribution in [3.8, 4) is 5.75 Å². The Morgan fingerprint density at radius 1 is 1.32 bits per heavy atom. The zero-order valence-corrected chi connectivity index (χ0v) is 17.9. The molecule has 2 aromatic rings. The molecule has 0 aliphatic carbocycles. The SMILES string of the molecule is C=CCC(=O)Nc1cc2ccc(O[C@@H]3OC(C)(C)[C@H](OC)[C@@H](O)[C@H]3O)c(C)c2oc1=O. The van der Waals surface area contributed by atoms with E-state index in [0.717, 1.165) is 0 Å². The molecule has 0 spiro atoms. The molecule has 31 heavy (non-hydrogen) atoms. The largest absolute Gasteiger partial charge is 0.462 e. The van der Waals surface area contributed by atoms with E-state index in [-0.39, 0.29) is 23.6 Å². The molecule has 9 heteroatoms. The van der Waals surface area contributed by atoms with Gasteiger partial charge in [0, 0.05) is 24.5 Å². The maximum absolute atomic E-state index is 12.3. The van der Waals surface area contributed by atoms with Gasteiger partial charge in [-0.25, -0.2) is 4.79 Å². The van der Waals surface area contributed by atoms with E-state index in [4.69, 9.17) is 18.6 Å². The number of anilines is 1. The molecule has 0 unspecified atom stereocenters. The van der Waals surface area contributed by atoms with Gasteiger partial charge in [-0.05, 0) is 39.0 Å². The van der Waals surface area contributed by atoms with Crippen LogP contribution >= 0.6 is 0 Å². The molecule has 1 saturated heterocycles. The van der Waals surface area contributed by atoms with Crippen LogP contribution in [0.1, 0.15) is 25.8 Å². The van der Waals surface area contributed by atoms with E-state index in [1.165, 1.54) is 19.3 Å². The molecule has 1 amide bonds. The molecule has 168 valence electrons. The van der Waals surface area contributed by atoms with Gasteiger partial charge in [0.2, 0.25) is 12.2 Å².